The van der Waals surface area contributed by atoms with Gasteiger partial charge in [-0.2, -0.15) is 18.6 Å². The minimum atomic E-state index is -5.85. The molecule has 6 aromatic carbocycles. The zero-order valence-corrected chi connectivity index (χ0v) is 67.6. The van der Waals surface area contributed by atoms with Gasteiger partial charge in [-0.3, -0.25) is 33.1 Å². The average Bonchev–Trinajstić information content (AvgIpc) is 0.972. The summed E-state index contributed by atoms with van der Waals surface area (Å²) < 4.78 is 70.7. The molecule has 122 heavy (non-hydrogen) atoms. The van der Waals surface area contributed by atoms with Crippen molar-refractivity contribution >= 4 is 98.4 Å². The molecule has 14 N–H and O–H groups in total. The monoisotopic (exact) mass is 1720 g/mol. The van der Waals surface area contributed by atoms with Crippen molar-refractivity contribution in [3.63, 3.8) is 0 Å². The van der Waals surface area contributed by atoms with E-state index in [1.807, 2.05) is 0 Å². The first-order valence-corrected chi connectivity index (χ1v) is 43.8. The maximum atomic E-state index is 14.9. The molecule has 1 fully saturated rings. The lowest BCUT2D eigenvalue weighted by atomic mass is 9.81. The van der Waals surface area contributed by atoms with Gasteiger partial charge in [0.1, 0.15) is 54.0 Å². The van der Waals surface area contributed by atoms with Gasteiger partial charge in [0.15, 0.2) is 28.7 Å². The van der Waals surface area contributed by atoms with Gasteiger partial charge in [0.05, 0.1) is 29.8 Å². The normalized spacial score (nSPS) is 16.9. The number of hydrogen-bond acceptors (Lipinski definition) is 23. The number of phosphoric ester groups is 1. The van der Waals surface area contributed by atoms with Crippen LogP contribution in [0.2, 0.25) is 0 Å². The van der Waals surface area contributed by atoms with E-state index in [9.17, 15) is 77.5 Å². The number of aromatic nitrogens is 4. The lowest BCUT2D eigenvalue weighted by Gasteiger charge is -2.39. The van der Waals surface area contributed by atoms with Crippen molar-refractivity contribution in [2.45, 2.75) is 115 Å². The molecule has 0 radical (unpaired) electrons. The third-order valence-electron chi connectivity index (χ3n) is 21.9. The number of fused-ring (bicyclic) bond motifs is 7. The van der Waals surface area contributed by atoms with Gasteiger partial charge in [-0.15, -0.1) is 0 Å². The fraction of sp³-hybridized carbons (Fsp3) is 0.298. The predicted octanol–water partition coefficient (Wildman–Crippen LogP) is 7.48. The number of unbranched alkanes of at least 4 members (excludes halogenated alkanes) is 2. The van der Waals surface area contributed by atoms with E-state index >= 15 is 0 Å². The van der Waals surface area contributed by atoms with Crippen molar-refractivity contribution in [1.82, 2.24) is 45.4 Å². The second-order valence-electron chi connectivity index (χ2n) is 30.1. The number of aromatic carboxylic acids is 2. The highest BCUT2D eigenvalue weighted by molar-refractivity contribution is 7.66. The van der Waals surface area contributed by atoms with Crippen molar-refractivity contribution in [2.75, 3.05) is 56.4 Å². The van der Waals surface area contributed by atoms with Crippen LogP contribution in [0.15, 0.2) is 118 Å². The van der Waals surface area contributed by atoms with Crippen molar-refractivity contribution in [1.29, 1.82) is 0 Å². The molecule has 3 unspecified atom stereocenters. The van der Waals surface area contributed by atoms with E-state index in [0.29, 0.717) is 52.5 Å². The van der Waals surface area contributed by atoms with Gasteiger partial charge in [0, 0.05) is 130 Å². The van der Waals surface area contributed by atoms with Crippen LogP contribution < -0.4 is 57.2 Å². The second kappa shape index (κ2) is 34.2. The first-order chi connectivity index (χ1) is 58.5. The van der Waals surface area contributed by atoms with E-state index in [0.717, 1.165) is 117 Å². The van der Waals surface area contributed by atoms with Crippen molar-refractivity contribution in [2.24, 2.45) is 0 Å². The van der Waals surface area contributed by atoms with Gasteiger partial charge in [0.25, 0.3) is 11.8 Å². The number of rotatable bonds is 25. The number of phenols is 1. The number of phenolic OH excluding ortho intramolecular Hbond substituents is 1. The third-order valence-corrected chi connectivity index (χ3v) is 25.7. The number of carboxylic acids is 2. The molecular weight excluding hydrogens is 1640 g/mol. The predicted molar refractivity (Wildman–Crippen MR) is 438 cm³/mol. The Bertz CT molecular complexity index is 6520. The number of phosphoric acid groups is 3. The van der Waals surface area contributed by atoms with Crippen LogP contribution in [0.5, 0.6) is 23.1 Å². The molecule has 8 aliphatic rings. The van der Waals surface area contributed by atoms with Gasteiger partial charge in [-0.1, -0.05) is 48.4 Å². The molecule has 8 aromatic rings. The number of amides is 4. The van der Waals surface area contributed by atoms with Crippen LogP contribution in [0, 0.1) is 23.7 Å². The highest BCUT2D eigenvalue weighted by atomic mass is 31.3. The zero-order valence-electron chi connectivity index (χ0n) is 64.9. The van der Waals surface area contributed by atoms with Crippen LogP contribution >= 0.6 is 23.5 Å². The van der Waals surface area contributed by atoms with Gasteiger partial charge in [-0.25, -0.2) is 32.8 Å². The van der Waals surface area contributed by atoms with E-state index in [-0.39, 0.29) is 113 Å². The largest absolute Gasteiger partial charge is 0.508 e. The highest BCUT2D eigenvalue weighted by Crippen LogP contribution is 2.67. The Morgan fingerprint density at radius 1 is 0.672 bits per heavy atom. The zero-order chi connectivity index (χ0) is 85.6. The molecule has 1 aliphatic carbocycles. The average molecular weight is 1720 g/mol. The van der Waals surface area contributed by atoms with Gasteiger partial charge >= 0.3 is 35.4 Å². The third kappa shape index (κ3) is 17.7. The number of carboxylic acid groups (broad SMARTS) is 2. The molecule has 35 nitrogen and oxygen atoms in total. The summed E-state index contributed by atoms with van der Waals surface area (Å²) in [6, 6.07) is 27.2. The quantitative estimate of drug-likeness (QED) is 0.00867. The molecule has 0 bridgehead atoms. The summed E-state index contributed by atoms with van der Waals surface area (Å²) in [5.74, 6) is 6.81. The molecule has 38 heteroatoms. The summed E-state index contributed by atoms with van der Waals surface area (Å²) in [4.78, 5) is 148. The molecule has 1 saturated heterocycles. The van der Waals surface area contributed by atoms with Gasteiger partial charge in [-0.05, 0) is 159 Å². The molecule has 628 valence electrons. The van der Waals surface area contributed by atoms with E-state index in [2.05, 4.69) is 90.1 Å². The number of nitrogens with one attached hydrogen (secondary N) is 4. The number of nitrogens with two attached hydrogens (primary N) is 1. The molecule has 0 spiro atoms. The number of nitrogen functional groups attached to an aromatic ring is 1. The fourth-order valence-electron chi connectivity index (χ4n) is 16.8. The standard InChI is InChI=1S/C84H78N11O24P3/c85-84-91-77-72(81(102)92-84)90-66(95(77)68-29-30-69(115-68)117-121(110,111)119-122(112,113)118-120(107,108)109)15-5-32-86-67(98)16-2-1-3-31-88-80(101)63(38-46-19-17-45(18-20-46)10-4-33-87-78(99)49-21-25-53(59(41-49)82(103)104)70-55-27-23-51(96)43-64(55)114-65-44-52(97)24-28-56(65)70)89-79(100)50-22-26-54(60(42-50)83(105)106)71-61-39-47-11-6-34-93-36-8-13-57(73(47)93)75(61)116-76-58-14-9-37-94-35-7-12-48(74(58)94)40-62(71)76/h17-28,39-44,63,68-69H,1-3,6-9,11-14,16,29-38H2,(H13-,85,86,87,88,89,91,92,96,97,98,99,100,101,102,103,104,105,106,107,108,109,110,111,112,113)/p+1/t63?,68-,69-/m1/s1. The molecule has 4 amide bonds. The Balaban J connectivity index is 0.605. The molecule has 7 aliphatic heterocycles. The van der Waals surface area contributed by atoms with Crippen LogP contribution in [0.3, 0.4) is 0 Å². The van der Waals surface area contributed by atoms with Crippen molar-refractivity contribution in [3.8, 4) is 69.3 Å². The molecule has 2 aromatic heterocycles. The number of benzene rings is 7. The van der Waals surface area contributed by atoms with Gasteiger partial charge in [0.2, 0.25) is 29.0 Å². The van der Waals surface area contributed by atoms with Crippen LogP contribution in [0.4, 0.5) is 11.6 Å². The SMILES string of the molecule is Nc1nc(O)c2nc(C#CCNC(=O)CCCCCNC(=O)C(Cc3ccc(C#CCNC(=O)c4ccc(-c5c6ccc(=O)cc-6oc6cc(O)ccc56)c(C(=O)O)c4)cc3)NC(=O)c3ccc(C4=c5cc6c7c(c5Oc5c4cc4c8c5CCCN8CCC4)CCC[N+]=7CCC6)c(C(=O)O)c3)n([C@H]3CC[C@@H](OP(=O)(O)OP(=O)(O)OP(=O)(O)O)O3)c2n1. The lowest BCUT2D eigenvalue weighted by Crippen LogP contribution is -2.48. The number of carbonyl (C=O) groups excluding carboxylic acids is 4. The summed E-state index contributed by atoms with van der Waals surface area (Å²) in [5.41, 5.74) is 14.9. The van der Waals surface area contributed by atoms with Crippen molar-refractivity contribution in [3.05, 3.63) is 203 Å². The number of aromatic hydroxyl groups is 2. The number of anilines is 2. The summed E-state index contributed by atoms with van der Waals surface area (Å²) in [5, 5.41) is 56.4. The fourth-order valence-corrected chi connectivity index (χ4v) is 19.9. The second-order valence-corrected chi connectivity index (χ2v) is 34.4. The lowest BCUT2D eigenvalue weighted by molar-refractivity contribution is -0.123. The summed E-state index contributed by atoms with van der Waals surface area (Å²) in [7, 11) is -17.1. The maximum Gasteiger partial charge on any atom is 0.490 e. The number of nitrogens with zero attached hydrogens (tertiary/aromatic N) is 6. The molecule has 16 rings (SSSR count). The Kier molecular flexibility index (Phi) is 23.3. The molecule has 0 saturated carbocycles. The van der Waals surface area contributed by atoms with E-state index in [1.165, 1.54) is 81.3 Å². The minimum Gasteiger partial charge on any atom is -0.508 e. The Morgan fingerprint density at radius 3 is 2.15 bits per heavy atom. The van der Waals surface area contributed by atoms with Crippen LogP contribution in [-0.4, -0.2) is 153 Å². The van der Waals surface area contributed by atoms with Crippen molar-refractivity contribution < 1.29 is 109 Å². The number of imidazole rings is 1. The number of carbonyl (C=O) groups is 6. The number of hydrogen-bond donors (Lipinski definition) is 13. The Hall–Kier alpha value is -12.5. The maximum absolute atomic E-state index is 14.9. The highest BCUT2D eigenvalue weighted by Gasteiger charge is 2.45. The first kappa shape index (κ1) is 83.2. The number of aryl methyl sites for hydroxylation is 2. The molecule has 9 heterocycles. The summed E-state index contributed by atoms with van der Waals surface area (Å²) in [6.07, 6.45) is 5.17. The smallest absolute Gasteiger partial charge is 0.490 e. The summed E-state index contributed by atoms with van der Waals surface area (Å²) in [6.45, 7) is 3.46. The summed E-state index contributed by atoms with van der Waals surface area (Å²) >= 11 is 0. The Labute approximate surface area is 693 Å². The first-order valence-electron chi connectivity index (χ1n) is 39.3. The molecular formula is C84H79N11O24P3+. The van der Waals surface area contributed by atoms with Crippen LogP contribution in [0.1, 0.15) is 162 Å². The van der Waals surface area contributed by atoms with E-state index in [4.69, 9.17) is 33.9 Å². The van der Waals surface area contributed by atoms with Crippen LogP contribution in [-0.2, 0) is 73.3 Å². The van der Waals surface area contributed by atoms with Crippen LogP contribution in [0.25, 0.3) is 50.2 Å². The number of ether oxygens (including phenoxy) is 2. The Morgan fingerprint density at radius 2 is 1.38 bits per heavy atom. The topological polar surface area (TPSA) is 516 Å². The molecule has 5 atom stereocenters. The van der Waals surface area contributed by atoms with Gasteiger partial charge < -0.3 is 85.8 Å². The minimum absolute atomic E-state index is 0.0168. The van der Waals surface area contributed by atoms with E-state index in [1.54, 1.807) is 42.5 Å². The van der Waals surface area contributed by atoms with E-state index < -0.39 is 89.4 Å².